The number of hydrogen-bond acceptors (Lipinski definition) is 3. The lowest BCUT2D eigenvalue weighted by molar-refractivity contribution is -0.143. The average Bonchev–Trinajstić information content (AvgIpc) is 2.37. The van der Waals surface area contributed by atoms with Crippen LogP contribution in [0.25, 0.3) is 0 Å². The van der Waals surface area contributed by atoms with Gasteiger partial charge in [0.1, 0.15) is 11.3 Å². The summed E-state index contributed by atoms with van der Waals surface area (Å²) in [7, 11) is 0. The molecule has 0 fully saturated rings. The normalized spacial score (nSPS) is 15.4. The van der Waals surface area contributed by atoms with Gasteiger partial charge in [0.05, 0.1) is 6.10 Å². The fourth-order valence-corrected chi connectivity index (χ4v) is 2.07. The third kappa shape index (κ3) is 5.21. The highest BCUT2D eigenvalue weighted by Gasteiger charge is 2.30. The fraction of sp³-hybridized carbons (Fsp3) is 0.562. The van der Waals surface area contributed by atoms with Crippen LogP contribution in [0.15, 0.2) is 24.3 Å². The molecular weight excluding hydrogens is 254 g/mol. The van der Waals surface area contributed by atoms with E-state index in [-0.39, 0.29) is 12.5 Å². The minimum atomic E-state index is -1.26. The second-order valence-electron chi connectivity index (χ2n) is 5.60. The maximum atomic E-state index is 11.0. The maximum absolute atomic E-state index is 11.0. The Hall–Kier alpha value is -1.55. The molecule has 0 saturated carbocycles. The van der Waals surface area contributed by atoms with Crippen LogP contribution in [0.5, 0.6) is 5.75 Å². The molecule has 4 nitrogen and oxygen atoms in total. The zero-order valence-corrected chi connectivity index (χ0v) is 12.6. The van der Waals surface area contributed by atoms with E-state index in [1.54, 1.807) is 0 Å². The minimum Gasteiger partial charge on any atom is -0.491 e. The van der Waals surface area contributed by atoms with Crippen LogP contribution in [-0.4, -0.2) is 22.7 Å². The number of unbranched alkanes of at least 4 members (excludes halogenated alkanes) is 1. The van der Waals surface area contributed by atoms with E-state index in [9.17, 15) is 4.79 Å². The molecule has 2 atom stereocenters. The molecule has 1 rings (SSSR count). The van der Waals surface area contributed by atoms with Crippen LogP contribution < -0.4 is 10.5 Å². The van der Waals surface area contributed by atoms with Crippen molar-refractivity contribution in [2.24, 2.45) is 5.73 Å². The van der Waals surface area contributed by atoms with Gasteiger partial charge in [0.2, 0.25) is 0 Å². The molecule has 0 amide bonds. The lowest BCUT2D eigenvalue weighted by atomic mass is 9.96. The summed E-state index contributed by atoms with van der Waals surface area (Å²) in [5.41, 5.74) is 5.74. The first-order valence-electron chi connectivity index (χ1n) is 7.13. The monoisotopic (exact) mass is 279 g/mol. The third-order valence-corrected chi connectivity index (χ3v) is 3.28. The van der Waals surface area contributed by atoms with Gasteiger partial charge in [-0.25, -0.2) is 0 Å². The molecule has 2 unspecified atom stereocenters. The van der Waals surface area contributed by atoms with Crippen molar-refractivity contribution in [1.29, 1.82) is 0 Å². The summed E-state index contributed by atoms with van der Waals surface area (Å²) in [6.45, 7) is 5.51. The number of aryl methyl sites for hydroxylation is 1. The second-order valence-corrected chi connectivity index (χ2v) is 5.60. The van der Waals surface area contributed by atoms with E-state index < -0.39 is 11.5 Å². The summed E-state index contributed by atoms with van der Waals surface area (Å²) < 4.78 is 5.72. The Morgan fingerprint density at radius 2 is 2.00 bits per heavy atom. The molecule has 0 bridgehead atoms. The maximum Gasteiger partial charge on any atom is 0.323 e. The molecule has 0 spiro atoms. The highest BCUT2D eigenvalue weighted by atomic mass is 16.5. The van der Waals surface area contributed by atoms with E-state index >= 15 is 0 Å². The van der Waals surface area contributed by atoms with Crippen molar-refractivity contribution in [3.8, 4) is 5.75 Å². The van der Waals surface area contributed by atoms with Crippen molar-refractivity contribution in [2.45, 2.75) is 58.1 Å². The van der Waals surface area contributed by atoms with E-state index in [2.05, 4.69) is 19.1 Å². The van der Waals surface area contributed by atoms with Crippen molar-refractivity contribution in [1.82, 2.24) is 0 Å². The van der Waals surface area contributed by atoms with E-state index in [0.29, 0.717) is 0 Å². The van der Waals surface area contributed by atoms with Crippen molar-refractivity contribution in [2.75, 3.05) is 0 Å². The van der Waals surface area contributed by atoms with E-state index in [1.807, 2.05) is 19.1 Å². The Bertz CT molecular complexity index is 426. The molecule has 3 N–H and O–H groups in total. The summed E-state index contributed by atoms with van der Waals surface area (Å²) in [6, 6.07) is 7.96. The minimum absolute atomic E-state index is 0.248. The first-order chi connectivity index (χ1) is 9.35. The number of benzene rings is 1. The van der Waals surface area contributed by atoms with Gasteiger partial charge >= 0.3 is 5.97 Å². The Kier molecular flexibility index (Phi) is 6.02. The van der Waals surface area contributed by atoms with Crippen LogP contribution >= 0.6 is 0 Å². The number of hydrogen-bond donors (Lipinski definition) is 2. The van der Waals surface area contributed by atoms with Gasteiger partial charge in [-0.3, -0.25) is 4.79 Å². The van der Waals surface area contributed by atoms with E-state index in [1.165, 1.54) is 25.3 Å². The largest absolute Gasteiger partial charge is 0.491 e. The topological polar surface area (TPSA) is 72.5 Å². The summed E-state index contributed by atoms with van der Waals surface area (Å²) in [5, 5.41) is 8.99. The molecule has 1 aromatic carbocycles. The van der Waals surface area contributed by atoms with Gasteiger partial charge in [0.15, 0.2) is 0 Å². The van der Waals surface area contributed by atoms with Gasteiger partial charge in [-0.1, -0.05) is 25.5 Å². The van der Waals surface area contributed by atoms with Crippen molar-refractivity contribution < 1.29 is 14.6 Å². The third-order valence-electron chi connectivity index (χ3n) is 3.28. The summed E-state index contributed by atoms with van der Waals surface area (Å²) >= 11 is 0. The molecule has 0 aliphatic rings. The number of carboxylic acid groups (broad SMARTS) is 1. The van der Waals surface area contributed by atoms with Gasteiger partial charge in [-0.2, -0.15) is 0 Å². The molecule has 0 aromatic heterocycles. The number of ether oxygens (including phenoxy) is 1. The molecule has 0 saturated heterocycles. The predicted octanol–water partition coefficient (Wildman–Crippen LogP) is 2.99. The van der Waals surface area contributed by atoms with Crippen LogP contribution in [0.1, 0.15) is 45.6 Å². The van der Waals surface area contributed by atoms with Gasteiger partial charge in [-0.15, -0.1) is 0 Å². The lowest BCUT2D eigenvalue weighted by Gasteiger charge is -2.24. The number of rotatable bonds is 8. The van der Waals surface area contributed by atoms with Gasteiger partial charge < -0.3 is 15.6 Å². The molecule has 0 heterocycles. The predicted molar refractivity (Wildman–Crippen MR) is 80.0 cm³/mol. The Balaban J connectivity index is 2.54. The Morgan fingerprint density at radius 3 is 2.50 bits per heavy atom. The smallest absolute Gasteiger partial charge is 0.323 e. The average molecular weight is 279 g/mol. The molecular formula is C16H25NO3. The fourth-order valence-electron chi connectivity index (χ4n) is 2.07. The number of carboxylic acids is 1. The number of nitrogens with two attached hydrogens (primary N) is 1. The molecule has 1 aromatic rings. The second kappa shape index (κ2) is 7.29. The SMILES string of the molecule is CCCCc1ccc(OC(C)CC(C)(N)C(=O)O)cc1. The van der Waals surface area contributed by atoms with Crippen LogP contribution in [0, 0.1) is 0 Å². The summed E-state index contributed by atoms with van der Waals surface area (Å²) in [5.74, 6) is -0.262. The van der Waals surface area contributed by atoms with Crippen molar-refractivity contribution in [3.63, 3.8) is 0 Å². The molecule has 0 radical (unpaired) electrons. The van der Waals surface area contributed by atoms with Gasteiger partial charge in [0.25, 0.3) is 0 Å². The summed E-state index contributed by atoms with van der Waals surface area (Å²) in [4.78, 5) is 11.0. The van der Waals surface area contributed by atoms with Crippen LogP contribution in [-0.2, 0) is 11.2 Å². The highest BCUT2D eigenvalue weighted by molar-refractivity contribution is 5.77. The van der Waals surface area contributed by atoms with Crippen LogP contribution in [0.2, 0.25) is 0 Å². The molecule has 4 heteroatoms. The first-order valence-corrected chi connectivity index (χ1v) is 7.13. The molecule has 0 aliphatic heterocycles. The summed E-state index contributed by atoms with van der Waals surface area (Å²) in [6.07, 6.45) is 3.45. The number of aliphatic carboxylic acids is 1. The Morgan fingerprint density at radius 1 is 1.40 bits per heavy atom. The zero-order chi connectivity index (χ0) is 15.2. The number of carbonyl (C=O) groups is 1. The molecule has 112 valence electrons. The van der Waals surface area contributed by atoms with E-state index in [0.717, 1.165) is 12.2 Å². The first kappa shape index (κ1) is 16.5. The molecule has 0 aliphatic carbocycles. The standard InChI is InChI=1S/C16H25NO3/c1-4-5-6-13-7-9-14(10-8-13)20-12(2)11-16(3,17)15(18)19/h7-10,12H,4-6,11,17H2,1-3H3,(H,18,19). The van der Waals surface area contributed by atoms with Gasteiger partial charge in [0, 0.05) is 6.42 Å². The molecule has 20 heavy (non-hydrogen) atoms. The Labute approximate surface area is 120 Å². The van der Waals surface area contributed by atoms with E-state index in [4.69, 9.17) is 15.6 Å². The lowest BCUT2D eigenvalue weighted by Crippen LogP contribution is -2.47. The van der Waals surface area contributed by atoms with Crippen LogP contribution in [0.3, 0.4) is 0 Å². The van der Waals surface area contributed by atoms with Crippen LogP contribution in [0.4, 0.5) is 0 Å². The van der Waals surface area contributed by atoms with Crippen molar-refractivity contribution in [3.05, 3.63) is 29.8 Å². The highest BCUT2D eigenvalue weighted by Crippen LogP contribution is 2.18. The quantitative estimate of drug-likeness (QED) is 0.767. The van der Waals surface area contributed by atoms with Crippen molar-refractivity contribution >= 4 is 5.97 Å². The van der Waals surface area contributed by atoms with Gasteiger partial charge in [-0.05, 0) is 44.4 Å². The zero-order valence-electron chi connectivity index (χ0n) is 12.6.